The molecule has 2 heterocycles. The molecule has 13 amide bonds. The van der Waals surface area contributed by atoms with E-state index < -0.39 is 180 Å². The number of nitrogens with zero attached hydrogens (tertiary/aromatic N) is 2. The standard InChI is InChI=1S/C72H116N18O18/c1-41(2)36-52(67(102)88-59(43(4)92)71(106)90-35-17-25-57(90)69(104)83-51(23-11-15-33-76)63(98)81-50(22-10-14-32-75)65(100)86-54(72(107)108)38-45-26-28-46(93)29-27-45)85-64(99)49(21-9-13-31-74)80-62(97)48(20-8-12-30-73)82-66(101)53(39-58(78)94)84-60(95)42(3)79-68(103)56-24-16-34-89(56)70(105)55(40-91)87-61(96)47(77)37-44-18-6-5-7-19-44/h5-7,18-19,26-29,41-43,47-57,59,91-93H,8-17,20-25,30-40,73-77H2,1-4H3,(H2,78,94)(H,79,103)(H,80,97)(H,81,98)(H,82,101)(H,83,104)(H,84,95)(H,85,99)(H,86,100)(H,87,96)(H,88,102)(H,107,108)/t42-,43+,47-,48-,49-,50-,51-,52-,53-,54-,55-,56-,57-,59-/m0/s1. The summed E-state index contributed by atoms with van der Waals surface area (Å²) >= 11 is 0. The molecule has 0 aromatic heterocycles. The van der Waals surface area contributed by atoms with E-state index >= 15 is 0 Å². The van der Waals surface area contributed by atoms with Crippen molar-refractivity contribution in [3.05, 3.63) is 65.7 Å². The van der Waals surface area contributed by atoms with Gasteiger partial charge in [0.05, 0.1) is 25.2 Å². The lowest BCUT2D eigenvalue weighted by molar-refractivity contribution is -0.145. The average molecular weight is 1520 g/mol. The topological polar surface area (TPSA) is 603 Å². The van der Waals surface area contributed by atoms with Gasteiger partial charge in [-0.15, -0.1) is 0 Å². The number of aromatic hydroxyl groups is 1. The number of unbranched alkanes of at least 4 members (excludes halogenated alkanes) is 4. The zero-order chi connectivity index (χ0) is 80.2. The number of amides is 13. The number of carboxylic acids is 1. The number of carbonyl (C=O) groups excluding carboxylic acids is 13. The molecule has 4 rings (SSSR count). The van der Waals surface area contributed by atoms with Crippen molar-refractivity contribution in [3.8, 4) is 5.75 Å². The first-order valence-corrected chi connectivity index (χ1v) is 37.2. The first-order chi connectivity index (χ1) is 51.4. The lowest BCUT2D eigenvalue weighted by Gasteiger charge is -2.32. The van der Waals surface area contributed by atoms with E-state index in [1.54, 1.807) is 44.2 Å². The van der Waals surface area contributed by atoms with E-state index in [4.69, 9.17) is 34.4 Å². The Morgan fingerprint density at radius 2 is 0.861 bits per heavy atom. The first-order valence-electron chi connectivity index (χ1n) is 37.2. The fourth-order valence-corrected chi connectivity index (χ4v) is 12.6. The molecule has 2 fully saturated rings. The molecular formula is C72H116N18O18. The molecule has 2 saturated heterocycles. The fourth-order valence-electron chi connectivity index (χ4n) is 12.6. The number of aliphatic hydroxyl groups excluding tert-OH is 2. The van der Waals surface area contributed by atoms with Crippen molar-refractivity contribution in [2.45, 2.75) is 241 Å². The van der Waals surface area contributed by atoms with Gasteiger partial charge in [-0.25, -0.2) is 4.79 Å². The number of aliphatic carboxylic acids is 1. The van der Waals surface area contributed by atoms with Crippen LogP contribution >= 0.6 is 0 Å². The van der Waals surface area contributed by atoms with Gasteiger partial charge in [0.15, 0.2) is 0 Å². The molecule has 26 N–H and O–H groups in total. The molecule has 2 aliphatic heterocycles. The molecule has 2 aliphatic rings. The van der Waals surface area contributed by atoms with Crippen LogP contribution in [0.2, 0.25) is 0 Å². The summed E-state index contributed by atoms with van der Waals surface area (Å²) in [6.07, 6.45) is 1.07. The minimum atomic E-state index is -1.74. The zero-order valence-corrected chi connectivity index (χ0v) is 62.3. The molecule has 0 saturated carbocycles. The van der Waals surface area contributed by atoms with Crippen LogP contribution in [0, 0.1) is 5.92 Å². The number of primary amides is 1. The summed E-state index contributed by atoms with van der Waals surface area (Å²) in [5.74, 6) is -13.2. The highest BCUT2D eigenvalue weighted by molar-refractivity contribution is 6.00. The van der Waals surface area contributed by atoms with Crippen LogP contribution in [0.5, 0.6) is 5.75 Å². The molecule has 108 heavy (non-hydrogen) atoms. The summed E-state index contributed by atoms with van der Waals surface area (Å²) in [6, 6.07) is -3.57. The second-order valence-electron chi connectivity index (χ2n) is 28.0. The van der Waals surface area contributed by atoms with Crippen LogP contribution in [-0.2, 0) is 80.0 Å². The summed E-state index contributed by atoms with van der Waals surface area (Å²) in [5.41, 5.74) is 36.1. The van der Waals surface area contributed by atoms with Crippen LogP contribution in [0.1, 0.15) is 154 Å². The molecular weight excluding hydrogens is 1400 g/mol. The number of benzene rings is 2. The molecule has 36 heteroatoms. The molecule has 0 aliphatic carbocycles. The Morgan fingerprint density at radius 1 is 0.463 bits per heavy atom. The van der Waals surface area contributed by atoms with Gasteiger partial charge in [0.2, 0.25) is 76.8 Å². The van der Waals surface area contributed by atoms with E-state index in [1.807, 2.05) is 0 Å². The van der Waals surface area contributed by atoms with Gasteiger partial charge in [-0.3, -0.25) is 62.3 Å². The number of carbonyl (C=O) groups is 14. The highest BCUT2D eigenvalue weighted by Gasteiger charge is 2.43. The third kappa shape index (κ3) is 30.3. The number of phenolic OH excluding ortho intramolecular Hbond substituents is 1. The second kappa shape index (κ2) is 47.4. The molecule has 14 atom stereocenters. The summed E-state index contributed by atoms with van der Waals surface area (Å²) in [5, 5.41) is 66.9. The van der Waals surface area contributed by atoms with Crippen molar-refractivity contribution < 1.29 is 87.5 Å². The van der Waals surface area contributed by atoms with Gasteiger partial charge in [-0.2, -0.15) is 0 Å². The van der Waals surface area contributed by atoms with Crippen molar-refractivity contribution in [1.29, 1.82) is 0 Å². The number of aliphatic hydroxyl groups is 2. The molecule has 2 aromatic carbocycles. The quantitative estimate of drug-likeness (QED) is 0.0277. The van der Waals surface area contributed by atoms with Crippen molar-refractivity contribution in [2.75, 3.05) is 45.9 Å². The lowest BCUT2D eigenvalue weighted by Crippen LogP contribution is -2.62. The van der Waals surface area contributed by atoms with Gasteiger partial charge >= 0.3 is 5.97 Å². The molecule has 0 bridgehead atoms. The highest BCUT2D eigenvalue weighted by Crippen LogP contribution is 2.23. The first kappa shape index (κ1) is 90.9. The van der Waals surface area contributed by atoms with E-state index in [0.717, 1.165) is 15.4 Å². The third-order valence-corrected chi connectivity index (χ3v) is 18.6. The summed E-state index contributed by atoms with van der Waals surface area (Å²) in [4.78, 5) is 196. The van der Waals surface area contributed by atoms with Crippen molar-refractivity contribution in [1.82, 2.24) is 63.0 Å². The smallest absolute Gasteiger partial charge is 0.326 e. The Bertz CT molecular complexity index is 3300. The Kier molecular flexibility index (Phi) is 39.9. The van der Waals surface area contributed by atoms with Crippen LogP contribution in [0.3, 0.4) is 0 Å². The van der Waals surface area contributed by atoms with Crippen molar-refractivity contribution in [3.63, 3.8) is 0 Å². The van der Waals surface area contributed by atoms with Gasteiger partial charge in [-0.05, 0) is 185 Å². The number of hydrogen-bond donors (Lipinski definition) is 20. The van der Waals surface area contributed by atoms with Crippen molar-refractivity contribution in [2.24, 2.45) is 40.3 Å². The highest BCUT2D eigenvalue weighted by atomic mass is 16.4. The molecule has 2 aromatic rings. The number of rotatable bonds is 49. The van der Waals surface area contributed by atoms with Gasteiger partial charge in [-0.1, -0.05) is 56.3 Å². The van der Waals surface area contributed by atoms with Gasteiger partial charge in [0.1, 0.15) is 78.3 Å². The second-order valence-corrected chi connectivity index (χ2v) is 28.0. The molecule has 0 spiro atoms. The fraction of sp³-hybridized carbons (Fsp3) is 0.639. The van der Waals surface area contributed by atoms with Gasteiger partial charge in [0.25, 0.3) is 0 Å². The minimum Gasteiger partial charge on any atom is -0.508 e. The van der Waals surface area contributed by atoms with E-state index in [-0.39, 0.29) is 128 Å². The van der Waals surface area contributed by atoms with E-state index in [9.17, 15) is 87.5 Å². The minimum absolute atomic E-state index is 0.0260. The SMILES string of the molecule is CC(C)C[C@H](NC(=O)[C@H](CCCCN)NC(=O)[C@H](CCCCN)NC(=O)[C@H](CC(N)=O)NC(=O)[C@H](C)NC(=O)[C@@H]1CCCN1C(=O)[C@H](CO)NC(=O)[C@@H](N)Cc1ccccc1)C(=O)N[C@H](C(=O)N1CCC[C@H]1C(=O)N[C@@H](CCCCN)C(=O)N[C@@H](CCCCN)C(=O)N[C@@H](Cc1ccc(O)cc1)C(=O)O)[C@@H](C)O. The van der Waals surface area contributed by atoms with Crippen LogP contribution in [0.4, 0.5) is 0 Å². The van der Waals surface area contributed by atoms with E-state index in [2.05, 4.69) is 53.2 Å². The number of nitrogens with one attached hydrogen (secondary N) is 10. The summed E-state index contributed by atoms with van der Waals surface area (Å²) in [6.45, 7) is 6.04. The Balaban J connectivity index is 1.49. The number of carboxylic acid groups (broad SMARTS) is 1. The van der Waals surface area contributed by atoms with Crippen LogP contribution in [-0.4, -0.2) is 244 Å². The Morgan fingerprint density at radius 3 is 1.30 bits per heavy atom. The number of nitrogens with two attached hydrogens (primary N) is 6. The van der Waals surface area contributed by atoms with Gasteiger partial charge < -0.3 is 118 Å². The number of phenols is 1. The molecule has 0 unspecified atom stereocenters. The van der Waals surface area contributed by atoms with Crippen LogP contribution in [0.25, 0.3) is 0 Å². The molecule has 0 radical (unpaired) electrons. The van der Waals surface area contributed by atoms with E-state index in [0.29, 0.717) is 50.5 Å². The molecule has 602 valence electrons. The largest absolute Gasteiger partial charge is 0.508 e. The lowest BCUT2D eigenvalue weighted by atomic mass is 10.0. The maximum atomic E-state index is 14.6. The maximum absolute atomic E-state index is 14.6. The molecule has 36 nitrogen and oxygen atoms in total. The zero-order valence-electron chi connectivity index (χ0n) is 62.3. The average Bonchev–Trinajstić information content (AvgIpc) is 1.67. The number of likely N-dealkylation sites (tertiary alicyclic amines) is 2. The third-order valence-electron chi connectivity index (χ3n) is 18.6. The predicted molar refractivity (Wildman–Crippen MR) is 396 cm³/mol. The van der Waals surface area contributed by atoms with Crippen molar-refractivity contribution >= 4 is 82.8 Å². The van der Waals surface area contributed by atoms with Crippen LogP contribution in [0.15, 0.2) is 54.6 Å². The summed E-state index contributed by atoms with van der Waals surface area (Å²) in [7, 11) is 0. The van der Waals surface area contributed by atoms with E-state index in [1.165, 1.54) is 38.1 Å². The van der Waals surface area contributed by atoms with Crippen LogP contribution < -0.4 is 87.6 Å². The number of hydrogen-bond acceptors (Lipinski definition) is 22. The predicted octanol–water partition coefficient (Wildman–Crippen LogP) is -4.75. The normalized spacial score (nSPS) is 17.4. The Hall–Kier alpha value is -9.46. The van der Waals surface area contributed by atoms with Gasteiger partial charge in [0, 0.05) is 19.5 Å². The summed E-state index contributed by atoms with van der Waals surface area (Å²) < 4.78 is 0. The Labute approximate surface area is 629 Å². The monoisotopic (exact) mass is 1520 g/mol. The maximum Gasteiger partial charge on any atom is 0.326 e.